The van der Waals surface area contributed by atoms with E-state index in [-0.39, 0.29) is 23.8 Å². The predicted octanol–water partition coefficient (Wildman–Crippen LogP) is 4.78. The van der Waals surface area contributed by atoms with E-state index in [1.165, 1.54) is 35.5 Å². The van der Waals surface area contributed by atoms with Gasteiger partial charge in [0, 0.05) is 22.4 Å². The van der Waals surface area contributed by atoms with Gasteiger partial charge in [0.15, 0.2) is 11.0 Å². The molecule has 3 aromatic carbocycles. The molecule has 0 saturated heterocycles. The summed E-state index contributed by atoms with van der Waals surface area (Å²) in [6.07, 6.45) is 0.841. The lowest BCUT2D eigenvalue weighted by Gasteiger charge is -2.17. The number of fused-ring (bicyclic) bond motifs is 1. The van der Waals surface area contributed by atoms with E-state index in [9.17, 15) is 14.0 Å². The third-order valence-corrected chi connectivity index (χ3v) is 7.27. The highest BCUT2D eigenvalue weighted by Gasteiger charge is 2.25. The molecule has 4 aromatic rings. The van der Waals surface area contributed by atoms with E-state index in [0.29, 0.717) is 17.5 Å². The second-order valence-corrected chi connectivity index (χ2v) is 9.94. The fourth-order valence-electron chi connectivity index (χ4n) is 4.06. The summed E-state index contributed by atoms with van der Waals surface area (Å²) in [7, 11) is 0. The van der Waals surface area contributed by atoms with Crippen LogP contribution in [-0.4, -0.2) is 38.9 Å². The molecule has 182 valence electrons. The lowest BCUT2D eigenvalue weighted by molar-refractivity contribution is -0.116. The number of rotatable bonds is 7. The fraction of sp³-hybridized carbons (Fsp3) is 0.154. The number of carbonyl (C=O) groups excluding carboxylic acids is 2. The van der Waals surface area contributed by atoms with Gasteiger partial charge in [0.2, 0.25) is 5.91 Å². The Morgan fingerprint density at radius 1 is 1.00 bits per heavy atom. The molecule has 0 spiro atoms. The van der Waals surface area contributed by atoms with Gasteiger partial charge in [-0.15, -0.1) is 10.2 Å². The monoisotopic (exact) mass is 565 g/mol. The molecule has 1 N–H and O–H groups in total. The molecule has 0 radical (unpaired) electrons. The predicted molar refractivity (Wildman–Crippen MR) is 140 cm³/mol. The Labute approximate surface area is 219 Å². The number of anilines is 1. The first-order valence-corrected chi connectivity index (χ1v) is 13.0. The topological polar surface area (TPSA) is 80.1 Å². The molecular formula is C26H21BrFN5O2S. The van der Waals surface area contributed by atoms with E-state index in [1.807, 2.05) is 48.5 Å². The first-order chi connectivity index (χ1) is 17.5. The van der Waals surface area contributed by atoms with E-state index in [0.717, 1.165) is 22.3 Å². The molecule has 1 aliphatic heterocycles. The highest BCUT2D eigenvalue weighted by molar-refractivity contribution is 9.10. The van der Waals surface area contributed by atoms with Gasteiger partial charge < -0.3 is 10.2 Å². The summed E-state index contributed by atoms with van der Waals surface area (Å²) in [4.78, 5) is 27.4. The molecule has 0 fully saturated rings. The number of para-hydroxylation sites is 1. The van der Waals surface area contributed by atoms with Crippen LogP contribution < -0.4 is 10.2 Å². The van der Waals surface area contributed by atoms with Crippen LogP contribution in [0.15, 0.2) is 82.4 Å². The molecule has 7 nitrogen and oxygen atoms in total. The van der Waals surface area contributed by atoms with Gasteiger partial charge >= 0.3 is 0 Å². The molecule has 1 aliphatic rings. The minimum absolute atomic E-state index is 0.00953. The molecule has 36 heavy (non-hydrogen) atoms. The van der Waals surface area contributed by atoms with Crippen LogP contribution in [0.4, 0.5) is 10.1 Å². The minimum atomic E-state index is -0.595. The zero-order valence-electron chi connectivity index (χ0n) is 19.0. The number of halogens is 2. The van der Waals surface area contributed by atoms with Crippen molar-refractivity contribution in [3.05, 3.63) is 100 Å². The van der Waals surface area contributed by atoms with Crippen LogP contribution in [0.3, 0.4) is 0 Å². The van der Waals surface area contributed by atoms with Crippen LogP contribution in [0.1, 0.15) is 21.7 Å². The van der Waals surface area contributed by atoms with Crippen LogP contribution in [-0.2, 0) is 17.8 Å². The van der Waals surface area contributed by atoms with Gasteiger partial charge in [0.1, 0.15) is 5.82 Å². The standard InChI is InChI=1S/C26H21BrFN5O2S/c27-18-9-11-19(12-10-18)33-23(15-29-25(35)20-6-2-3-7-21(20)28)30-31-26(33)36-16-24(34)32-14-13-17-5-1-4-8-22(17)32/h1-12H,13-16H2,(H,29,35). The maximum Gasteiger partial charge on any atom is 0.254 e. The molecule has 5 rings (SSSR count). The quantitative estimate of drug-likeness (QED) is 0.326. The molecule has 2 heterocycles. The number of carbonyl (C=O) groups is 2. The molecule has 1 aromatic heterocycles. The molecule has 10 heteroatoms. The summed E-state index contributed by atoms with van der Waals surface area (Å²) in [6.45, 7) is 0.690. The highest BCUT2D eigenvalue weighted by Crippen LogP contribution is 2.29. The number of nitrogens with one attached hydrogen (secondary N) is 1. The summed E-state index contributed by atoms with van der Waals surface area (Å²) in [5, 5.41) is 11.8. The number of thioether (sulfide) groups is 1. The average molecular weight is 566 g/mol. The van der Waals surface area contributed by atoms with Gasteiger partial charge in [0.05, 0.1) is 17.9 Å². The smallest absolute Gasteiger partial charge is 0.254 e. The van der Waals surface area contributed by atoms with Crippen molar-refractivity contribution in [2.75, 3.05) is 17.2 Å². The number of hydrogen-bond donors (Lipinski definition) is 1. The summed E-state index contributed by atoms with van der Waals surface area (Å²) in [6, 6.07) is 21.3. The third-order valence-electron chi connectivity index (χ3n) is 5.82. The molecule has 0 atom stereocenters. The maximum absolute atomic E-state index is 14.0. The summed E-state index contributed by atoms with van der Waals surface area (Å²) in [5.41, 5.74) is 2.86. The zero-order chi connectivity index (χ0) is 25.1. The van der Waals surface area contributed by atoms with Gasteiger partial charge in [-0.1, -0.05) is 58.0 Å². The van der Waals surface area contributed by atoms with E-state index in [4.69, 9.17) is 0 Å². The Morgan fingerprint density at radius 2 is 1.75 bits per heavy atom. The Bertz CT molecular complexity index is 1430. The Hall–Kier alpha value is -3.50. The van der Waals surface area contributed by atoms with Crippen molar-refractivity contribution in [3.8, 4) is 5.69 Å². The number of hydrogen-bond acceptors (Lipinski definition) is 5. The molecule has 0 aliphatic carbocycles. The number of nitrogens with zero attached hydrogens (tertiary/aromatic N) is 4. The summed E-state index contributed by atoms with van der Waals surface area (Å²) < 4.78 is 16.7. The second-order valence-electron chi connectivity index (χ2n) is 8.09. The van der Waals surface area contributed by atoms with Gasteiger partial charge in [-0.2, -0.15) is 0 Å². The fourth-order valence-corrected chi connectivity index (χ4v) is 5.17. The molecule has 0 bridgehead atoms. The van der Waals surface area contributed by atoms with Gasteiger partial charge in [-0.25, -0.2) is 4.39 Å². The first-order valence-electron chi connectivity index (χ1n) is 11.3. The van der Waals surface area contributed by atoms with E-state index in [1.54, 1.807) is 15.5 Å². The number of benzene rings is 3. The van der Waals surface area contributed by atoms with Crippen molar-refractivity contribution >= 4 is 45.2 Å². The van der Waals surface area contributed by atoms with Crippen LogP contribution in [0.2, 0.25) is 0 Å². The SMILES string of the molecule is O=C(NCc1nnc(SCC(=O)N2CCc3ccccc32)n1-c1ccc(Br)cc1)c1ccccc1F. The average Bonchev–Trinajstić information content (AvgIpc) is 3.51. The van der Waals surface area contributed by atoms with E-state index >= 15 is 0 Å². The first kappa shape index (κ1) is 24.2. The zero-order valence-corrected chi connectivity index (χ0v) is 21.4. The lowest BCUT2D eigenvalue weighted by Crippen LogP contribution is -2.30. The van der Waals surface area contributed by atoms with Crippen molar-refractivity contribution in [1.29, 1.82) is 0 Å². The summed E-state index contributed by atoms with van der Waals surface area (Å²) in [5.74, 6) is -0.503. The molecule has 0 unspecified atom stereocenters. The van der Waals surface area contributed by atoms with Crippen molar-refractivity contribution < 1.29 is 14.0 Å². The van der Waals surface area contributed by atoms with Crippen LogP contribution in [0, 0.1) is 5.82 Å². The van der Waals surface area contributed by atoms with Crippen LogP contribution in [0.25, 0.3) is 5.69 Å². The van der Waals surface area contributed by atoms with Crippen molar-refractivity contribution in [3.63, 3.8) is 0 Å². The molecule has 0 saturated carbocycles. The van der Waals surface area contributed by atoms with Gasteiger partial charge in [0.25, 0.3) is 5.91 Å². The maximum atomic E-state index is 14.0. The van der Waals surface area contributed by atoms with Crippen LogP contribution in [0.5, 0.6) is 0 Å². The van der Waals surface area contributed by atoms with Crippen LogP contribution >= 0.6 is 27.7 Å². The Balaban J connectivity index is 1.35. The van der Waals surface area contributed by atoms with Gasteiger partial charge in [-0.3, -0.25) is 14.2 Å². The molecule has 2 amide bonds. The number of aromatic nitrogens is 3. The Kier molecular flexibility index (Phi) is 7.15. The van der Waals surface area contributed by atoms with Crippen molar-refractivity contribution in [1.82, 2.24) is 20.1 Å². The highest BCUT2D eigenvalue weighted by atomic mass is 79.9. The third kappa shape index (κ3) is 5.05. The minimum Gasteiger partial charge on any atom is -0.345 e. The largest absolute Gasteiger partial charge is 0.345 e. The molecular weight excluding hydrogens is 545 g/mol. The summed E-state index contributed by atoms with van der Waals surface area (Å²) >= 11 is 4.72. The Morgan fingerprint density at radius 3 is 2.56 bits per heavy atom. The van der Waals surface area contributed by atoms with E-state index < -0.39 is 11.7 Å². The van der Waals surface area contributed by atoms with Crippen molar-refractivity contribution in [2.45, 2.75) is 18.1 Å². The normalized spacial score (nSPS) is 12.4. The number of amides is 2. The van der Waals surface area contributed by atoms with Crippen molar-refractivity contribution in [2.24, 2.45) is 0 Å². The van der Waals surface area contributed by atoms with Gasteiger partial charge in [-0.05, 0) is 54.4 Å². The lowest BCUT2D eigenvalue weighted by atomic mass is 10.2. The van der Waals surface area contributed by atoms with E-state index in [2.05, 4.69) is 31.4 Å². The second kappa shape index (κ2) is 10.6.